The maximum absolute atomic E-state index is 6.19. The molecule has 114 valence electrons. The van der Waals surface area contributed by atoms with E-state index in [1.807, 2.05) is 12.3 Å². The summed E-state index contributed by atoms with van der Waals surface area (Å²) in [6.45, 7) is 6.77. The summed E-state index contributed by atoms with van der Waals surface area (Å²) in [5, 5.41) is 0. The zero-order valence-corrected chi connectivity index (χ0v) is 13.9. The van der Waals surface area contributed by atoms with Crippen LogP contribution in [0.25, 0.3) is 11.2 Å². The zero-order valence-electron chi connectivity index (χ0n) is 13.1. The van der Waals surface area contributed by atoms with E-state index in [2.05, 4.69) is 30.3 Å². The van der Waals surface area contributed by atoms with E-state index in [1.54, 1.807) is 0 Å². The first-order chi connectivity index (χ1) is 10.1. The lowest BCUT2D eigenvalue weighted by molar-refractivity contribution is 0.185. The minimum absolute atomic E-state index is 0.455. The van der Waals surface area contributed by atoms with Crippen molar-refractivity contribution in [1.29, 1.82) is 0 Å². The summed E-state index contributed by atoms with van der Waals surface area (Å²) in [5.41, 5.74) is 3.21. The molecule has 3 nitrogen and oxygen atoms in total. The van der Waals surface area contributed by atoms with Crippen molar-refractivity contribution in [2.45, 2.75) is 58.4 Å². The fourth-order valence-corrected chi connectivity index (χ4v) is 4.03. The molecule has 1 saturated carbocycles. The molecule has 21 heavy (non-hydrogen) atoms. The molecule has 1 fully saturated rings. The normalized spacial score (nSPS) is 23.1. The van der Waals surface area contributed by atoms with E-state index in [4.69, 9.17) is 16.6 Å². The number of hydrogen-bond acceptors (Lipinski definition) is 2. The number of rotatable bonds is 3. The minimum atomic E-state index is 0.455. The van der Waals surface area contributed by atoms with Crippen LogP contribution < -0.4 is 0 Å². The number of halogens is 1. The largest absolute Gasteiger partial charge is 0.308 e. The number of fused-ring (bicyclic) bond motifs is 1. The Morgan fingerprint density at radius 3 is 2.81 bits per heavy atom. The van der Waals surface area contributed by atoms with Crippen molar-refractivity contribution in [2.24, 2.45) is 11.8 Å². The number of imidazole rings is 1. The van der Waals surface area contributed by atoms with Crippen molar-refractivity contribution < 1.29 is 0 Å². The second kappa shape index (κ2) is 5.96. The second-order valence-corrected chi connectivity index (χ2v) is 6.86. The molecule has 0 saturated heterocycles. The van der Waals surface area contributed by atoms with Crippen LogP contribution in [0.4, 0.5) is 0 Å². The highest BCUT2D eigenvalue weighted by Gasteiger charge is 2.31. The summed E-state index contributed by atoms with van der Waals surface area (Å²) in [7, 11) is 0. The molecule has 2 aromatic rings. The first-order valence-corrected chi connectivity index (χ1v) is 8.55. The highest BCUT2D eigenvalue weighted by molar-refractivity contribution is 6.16. The van der Waals surface area contributed by atoms with Gasteiger partial charge in [0.2, 0.25) is 0 Å². The molecule has 1 aliphatic carbocycles. The van der Waals surface area contributed by atoms with Crippen molar-refractivity contribution in [1.82, 2.24) is 14.5 Å². The fourth-order valence-electron chi connectivity index (χ4n) is 3.84. The van der Waals surface area contributed by atoms with Gasteiger partial charge in [0.25, 0.3) is 0 Å². The molecule has 2 aromatic heterocycles. The van der Waals surface area contributed by atoms with E-state index in [1.165, 1.54) is 31.2 Å². The summed E-state index contributed by atoms with van der Waals surface area (Å²) in [4.78, 5) is 9.39. The second-order valence-electron chi connectivity index (χ2n) is 6.59. The van der Waals surface area contributed by atoms with Gasteiger partial charge in [-0.05, 0) is 43.2 Å². The number of nitrogens with zero attached hydrogens (tertiary/aromatic N) is 3. The number of aromatic nitrogens is 3. The van der Waals surface area contributed by atoms with Gasteiger partial charge in [-0.3, -0.25) is 0 Å². The van der Waals surface area contributed by atoms with E-state index in [9.17, 15) is 0 Å². The first-order valence-electron chi connectivity index (χ1n) is 8.02. The SMILES string of the molecule is Cc1ccnc2c1nc(CCl)n2C1CCCCC1C(C)C. The molecule has 2 atom stereocenters. The molecule has 0 bridgehead atoms. The van der Waals surface area contributed by atoms with Gasteiger partial charge in [-0.25, -0.2) is 9.97 Å². The topological polar surface area (TPSA) is 30.7 Å². The average Bonchev–Trinajstić information content (AvgIpc) is 2.87. The quantitative estimate of drug-likeness (QED) is 0.758. The summed E-state index contributed by atoms with van der Waals surface area (Å²) < 4.78 is 2.35. The van der Waals surface area contributed by atoms with Gasteiger partial charge in [-0.2, -0.15) is 0 Å². The van der Waals surface area contributed by atoms with Crippen molar-refractivity contribution >= 4 is 22.8 Å². The Morgan fingerprint density at radius 1 is 1.33 bits per heavy atom. The van der Waals surface area contributed by atoms with Gasteiger partial charge < -0.3 is 4.57 Å². The maximum Gasteiger partial charge on any atom is 0.160 e. The molecule has 3 rings (SSSR count). The number of aryl methyl sites for hydroxylation is 1. The summed E-state index contributed by atoms with van der Waals surface area (Å²) in [6.07, 6.45) is 7.04. The Bertz CT molecular complexity index is 632. The molecule has 4 heteroatoms. The van der Waals surface area contributed by atoms with Crippen LogP contribution in [-0.2, 0) is 5.88 Å². The summed E-state index contributed by atoms with van der Waals surface area (Å²) in [5.74, 6) is 2.81. The van der Waals surface area contributed by atoms with Gasteiger partial charge in [-0.15, -0.1) is 11.6 Å². The van der Waals surface area contributed by atoms with Crippen LogP contribution in [0, 0.1) is 18.8 Å². The molecule has 2 heterocycles. The highest BCUT2D eigenvalue weighted by Crippen LogP contribution is 2.40. The molecule has 0 aromatic carbocycles. The number of alkyl halides is 1. The summed E-state index contributed by atoms with van der Waals surface area (Å²) >= 11 is 6.19. The van der Waals surface area contributed by atoms with Gasteiger partial charge in [0.15, 0.2) is 5.65 Å². The van der Waals surface area contributed by atoms with Crippen LogP contribution in [-0.4, -0.2) is 14.5 Å². The van der Waals surface area contributed by atoms with Crippen molar-refractivity contribution in [2.75, 3.05) is 0 Å². The van der Waals surface area contributed by atoms with E-state index in [0.29, 0.717) is 23.8 Å². The van der Waals surface area contributed by atoms with E-state index < -0.39 is 0 Å². The Kier molecular flexibility index (Phi) is 4.21. The van der Waals surface area contributed by atoms with Crippen LogP contribution >= 0.6 is 11.6 Å². The van der Waals surface area contributed by atoms with Gasteiger partial charge in [0.05, 0.1) is 5.88 Å². The third-order valence-electron chi connectivity index (χ3n) is 4.94. The number of hydrogen-bond donors (Lipinski definition) is 0. The molecule has 0 aliphatic heterocycles. The Morgan fingerprint density at radius 2 is 2.10 bits per heavy atom. The van der Waals surface area contributed by atoms with Crippen molar-refractivity contribution in [3.8, 4) is 0 Å². The lowest BCUT2D eigenvalue weighted by atomic mass is 9.77. The molecule has 1 aliphatic rings. The van der Waals surface area contributed by atoms with Gasteiger partial charge in [0.1, 0.15) is 11.3 Å². The number of pyridine rings is 1. The standard InChI is InChI=1S/C17H24ClN3/c1-11(2)13-6-4-5-7-14(13)21-15(10-18)20-16-12(3)8-9-19-17(16)21/h8-9,11,13-14H,4-7,10H2,1-3H3. The molecule has 0 N–H and O–H groups in total. The minimum Gasteiger partial charge on any atom is -0.308 e. The third-order valence-corrected chi connectivity index (χ3v) is 5.18. The molecule has 2 unspecified atom stereocenters. The van der Waals surface area contributed by atoms with Crippen LogP contribution in [0.2, 0.25) is 0 Å². The van der Waals surface area contributed by atoms with Crippen LogP contribution in [0.15, 0.2) is 12.3 Å². The molecule has 0 amide bonds. The Hall–Kier alpha value is -1.09. The molecular formula is C17H24ClN3. The van der Waals surface area contributed by atoms with E-state index in [0.717, 1.165) is 17.0 Å². The summed E-state index contributed by atoms with van der Waals surface area (Å²) in [6, 6.07) is 2.52. The Balaban J connectivity index is 2.15. The first kappa shape index (κ1) is 14.8. The molecule has 0 radical (unpaired) electrons. The molecule has 0 spiro atoms. The fraction of sp³-hybridized carbons (Fsp3) is 0.647. The monoisotopic (exact) mass is 305 g/mol. The average molecular weight is 306 g/mol. The van der Waals surface area contributed by atoms with Gasteiger partial charge in [0, 0.05) is 12.2 Å². The predicted octanol–water partition coefficient (Wildman–Crippen LogP) is 4.87. The van der Waals surface area contributed by atoms with Crippen LogP contribution in [0.3, 0.4) is 0 Å². The van der Waals surface area contributed by atoms with Crippen LogP contribution in [0.5, 0.6) is 0 Å². The third kappa shape index (κ3) is 2.57. The molecular weight excluding hydrogens is 282 g/mol. The lowest BCUT2D eigenvalue weighted by Crippen LogP contribution is -2.28. The Labute approximate surface area is 131 Å². The van der Waals surface area contributed by atoms with E-state index in [-0.39, 0.29) is 0 Å². The smallest absolute Gasteiger partial charge is 0.160 e. The zero-order chi connectivity index (χ0) is 15.0. The predicted molar refractivity (Wildman–Crippen MR) is 87.7 cm³/mol. The van der Waals surface area contributed by atoms with Gasteiger partial charge >= 0.3 is 0 Å². The maximum atomic E-state index is 6.19. The lowest BCUT2D eigenvalue weighted by Gasteiger charge is -2.36. The van der Waals surface area contributed by atoms with Crippen LogP contribution in [0.1, 0.15) is 57.0 Å². The van der Waals surface area contributed by atoms with Crippen molar-refractivity contribution in [3.63, 3.8) is 0 Å². The highest BCUT2D eigenvalue weighted by atomic mass is 35.5. The van der Waals surface area contributed by atoms with Crippen molar-refractivity contribution in [3.05, 3.63) is 23.7 Å². The van der Waals surface area contributed by atoms with Gasteiger partial charge in [-0.1, -0.05) is 26.7 Å². The van der Waals surface area contributed by atoms with E-state index >= 15 is 0 Å².